The standard InChI is InChI=1S/C10H13ClN4O3/c1-10(2-4-18-5-3-10)14-8-7(15(16)17)6-12-9(11)13-8/h6H,2-5H2,1H3,(H,12,13,14). The van der Waals surface area contributed by atoms with E-state index in [1.54, 1.807) is 0 Å². The number of aromatic nitrogens is 2. The van der Waals surface area contributed by atoms with Crippen LogP contribution in [-0.4, -0.2) is 33.6 Å². The zero-order valence-corrected chi connectivity index (χ0v) is 10.6. The van der Waals surface area contributed by atoms with Crippen molar-refractivity contribution in [2.75, 3.05) is 18.5 Å². The number of nitro groups is 1. The van der Waals surface area contributed by atoms with E-state index in [2.05, 4.69) is 15.3 Å². The van der Waals surface area contributed by atoms with Crippen LogP contribution in [0, 0.1) is 10.1 Å². The molecule has 0 saturated carbocycles. The van der Waals surface area contributed by atoms with E-state index < -0.39 is 4.92 Å². The maximum absolute atomic E-state index is 10.9. The van der Waals surface area contributed by atoms with Crippen LogP contribution in [0.4, 0.5) is 11.5 Å². The molecule has 1 N–H and O–H groups in total. The average molecular weight is 273 g/mol. The van der Waals surface area contributed by atoms with Crippen LogP contribution in [0.2, 0.25) is 5.28 Å². The number of anilines is 1. The number of halogens is 1. The molecule has 0 amide bonds. The summed E-state index contributed by atoms with van der Waals surface area (Å²) >= 11 is 5.68. The van der Waals surface area contributed by atoms with Gasteiger partial charge in [0.25, 0.3) is 0 Å². The van der Waals surface area contributed by atoms with Gasteiger partial charge in [0, 0.05) is 18.8 Å². The van der Waals surface area contributed by atoms with Crippen molar-refractivity contribution in [1.82, 2.24) is 9.97 Å². The molecule has 1 fully saturated rings. The summed E-state index contributed by atoms with van der Waals surface area (Å²) in [5.74, 6) is 0.157. The molecule has 1 saturated heterocycles. The highest BCUT2D eigenvalue weighted by Crippen LogP contribution is 2.29. The van der Waals surface area contributed by atoms with Crippen molar-refractivity contribution in [1.29, 1.82) is 0 Å². The van der Waals surface area contributed by atoms with E-state index in [1.165, 1.54) is 0 Å². The van der Waals surface area contributed by atoms with Crippen molar-refractivity contribution in [3.63, 3.8) is 0 Å². The summed E-state index contributed by atoms with van der Waals surface area (Å²) in [6.45, 7) is 3.22. The van der Waals surface area contributed by atoms with E-state index in [1.807, 2.05) is 6.92 Å². The van der Waals surface area contributed by atoms with Crippen molar-refractivity contribution in [2.24, 2.45) is 0 Å². The molecule has 0 atom stereocenters. The monoisotopic (exact) mass is 272 g/mol. The molecular formula is C10H13ClN4O3. The molecule has 0 spiro atoms. The molecule has 0 unspecified atom stereocenters. The van der Waals surface area contributed by atoms with Gasteiger partial charge in [-0.3, -0.25) is 10.1 Å². The third-order valence-electron chi connectivity index (χ3n) is 2.95. The molecule has 1 aliphatic heterocycles. The topological polar surface area (TPSA) is 90.2 Å². The van der Waals surface area contributed by atoms with Crippen molar-refractivity contribution in [3.8, 4) is 0 Å². The lowest BCUT2D eigenvalue weighted by Crippen LogP contribution is -2.41. The van der Waals surface area contributed by atoms with Gasteiger partial charge in [-0.05, 0) is 31.4 Å². The minimum absolute atomic E-state index is 0.0150. The first-order valence-electron chi connectivity index (χ1n) is 5.53. The summed E-state index contributed by atoms with van der Waals surface area (Å²) in [5.41, 5.74) is -0.451. The molecule has 0 aromatic carbocycles. The molecule has 0 radical (unpaired) electrons. The van der Waals surface area contributed by atoms with Gasteiger partial charge in [-0.1, -0.05) is 0 Å². The third-order valence-corrected chi connectivity index (χ3v) is 3.14. The first-order chi connectivity index (χ1) is 8.50. The molecule has 0 aliphatic carbocycles. The van der Waals surface area contributed by atoms with E-state index >= 15 is 0 Å². The van der Waals surface area contributed by atoms with Gasteiger partial charge in [0.2, 0.25) is 11.1 Å². The second-order valence-corrected chi connectivity index (χ2v) is 4.77. The highest BCUT2D eigenvalue weighted by molar-refractivity contribution is 6.28. The summed E-state index contributed by atoms with van der Waals surface area (Å²) in [5, 5.41) is 14.0. The lowest BCUT2D eigenvalue weighted by atomic mass is 9.92. The summed E-state index contributed by atoms with van der Waals surface area (Å²) in [6.07, 6.45) is 2.62. The Hall–Kier alpha value is -1.47. The van der Waals surface area contributed by atoms with Gasteiger partial charge in [-0.25, -0.2) is 4.98 Å². The van der Waals surface area contributed by atoms with Crippen molar-refractivity contribution in [3.05, 3.63) is 21.6 Å². The molecule has 0 bridgehead atoms. The molecule has 7 nitrogen and oxygen atoms in total. The van der Waals surface area contributed by atoms with E-state index in [-0.39, 0.29) is 22.3 Å². The molecule has 2 heterocycles. The Balaban J connectivity index is 2.26. The van der Waals surface area contributed by atoms with Gasteiger partial charge in [0.05, 0.1) is 4.92 Å². The SMILES string of the molecule is CC1(Nc2nc(Cl)ncc2[N+](=O)[O-])CCOCC1. The average Bonchev–Trinajstić information content (AvgIpc) is 2.28. The quantitative estimate of drug-likeness (QED) is 0.514. The molecule has 2 rings (SSSR count). The predicted octanol–water partition coefficient (Wildman–Crippen LogP) is 2.02. The lowest BCUT2D eigenvalue weighted by Gasteiger charge is -2.34. The fourth-order valence-electron chi connectivity index (χ4n) is 1.81. The number of hydrogen-bond donors (Lipinski definition) is 1. The van der Waals surface area contributed by atoms with Gasteiger partial charge >= 0.3 is 5.69 Å². The van der Waals surface area contributed by atoms with Crippen LogP contribution < -0.4 is 5.32 Å². The van der Waals surface area contributed by atoms with E-state index in [0.717, 1.165) is 19.0 Å². The smallest absolute Gasteiger partial charge is 0.329 e. The molecule has 1 aliphatic rings. The first-order valence-corrected chi connectivity index (χ1v) is 5.91. The Bertz CT molecular complexity index is 462. The van der Waals surface area contributed by atoms with Crippen LogP contribution in [-0.2, 0) is 4.74 Å². The van der Waals surface area contributed by atoms with Crippen LogP contribution in [0.5, 0.6) is 0 Å². The van der Waals surface area contributed by atoms with E-state index in [9.17, 15) is 10.1 Å². The van der Waals surface area contributed by atoms with Crippen LogP contribution in [0.15, 0.2) is 6.20 Å². The van der Waals surface area contributed by atoms with Crippen LogP contribution in [0.3, 0.4) is 0 Å². The van der Waals surface area contributed by atoms with Gasteiger partial charge in [-0.2, -0.15) is 4.98 Å². The number of nitrogens with zero attached hydrogens (tertiary/aromatic N) is 3. The molecule has 1 aromatic rings. The Morgan fingerprint density at radius 2 is 2.22 bits per heavy atom. The number of hydrogen-bond acceptors (Lipinski definition) is 6. The van der Waals surface area contributed by atoms with Crippen LogP contribution in [0.1, 0.15) is 19.8 Å². The van der Waals surface area contributed by atoms with Gasteiger partial charge in [-0.15, -0.1) is 0 Å². The Morgan fingerprint density at radius 3 is 2.83 bits per heavy atom. The van der Waals surface area contributed by atoms with Crippen molar-refractivity contribution >= 4 is 23.1 Å². The lowest BCUT2D eigenvalue weighted by molar-refractivity contribution is -0.384. The summed E-state index contributed by atoms with van der Waals surface area (Å²) in [4.78, 5) is 17.9. The Kier molecular flexibility index (Phi) is 3.63. The highest BCUT2D eigenvalue weighted by Gasteiger charge is 2.30. The summed E-state index contributed by atoms with van der Waals surface area (Å²) in [7, 11) is 0. The largest absolute Gasteiger partial charge is 0.381 e. The zero-order chi connectivity index (χ0) is 13.2. The zero-order valence-electron chi connectivity index (χ0n) is 9.85. The minimum atomic E-state index is -0.526. The second-order valence-electron chi connectivity index (χ2n) is 4.43. The number of ether oxygens (including phenoxy) is 1. The van der Waals surface area contributed by atoms with E-state index in [4.69, 9.17) is 16.3 Å². The number of nitrogens with one attached hydrogen (secondary N) is 1. The van der Waals surface area contributed by atoms with Gasteiger partial charge in [0.1, 0.15) is 6.20 Å². The maximum Gasteiger partial charge on any atom is 0.329 e. The van der Waals surface area contributed by atoms with Gasteiger partial charge < -0.3 is 10.1 Å². The van der Waals surface area contributed by atoms with Crippen LogP contribution in [0.25, 0.3) is 0 Å². The normalized spacial score (nSPS) is 18.3. The maximum atomic E-state index is 10.9. The summed E-state index contributed by atoms with van der Waals surface area (Å²) in [6, 6.07) is 0. The molecule has 18 heavy (non-hydrogen) atoms. The molecule has 1 aromatic heterocycles. The number of rotatable bonds is 3. The third kappa shape index (κ3) is 2.85. The van der Waals surface area contributed by atoms with Crippen molar-refractivity contribution < 1.29 is 9.66 Å². The fraction of sp³-hybridized carbons (Fsp3) is 0.600. The van der Waals surface area contributed by atoms with Gasteiger partial charge in [0.15, 0.2) is 0 Å². The second kappa shape index (κ2) is 5.03. The minimum Gasteiger partial charge on any atom is -0.381 e. The molecule has 8 heteroatoms. The fourth-order valence-corrected chi connectivity index (χ4v) is 1.95. The Labute approximate surface area is 109 Å². The highest BCUT2D eigenvalue weighted by atomic mass is 35.5. The Morgan fingerprint density at radius 1 is 1.56 bits per heavy atom. The molecule has 98 valence electrons. The first kappa shape index (κ1) is 13.0. The summed E-state index contributed by atoms with van der Waals surface area (Å²) < 4.78 is 5.27. The van der Waals surface area contributed by atoms with E-state index in [0.29, 0.717) is 13.2 Å². The predicted molar refractivity (Wildman–Crippen MR) is 65.8 cm³/mol. The molecular weight excluding hydrogens is 260 g/mol. The van der Waals surface area contributed by atoms with Crippen LogP contribution >= 0.6 is 11.6 Å². The van der Waals surface area contributed by atoms with Crippen molar-refractivity contribution in [2.45, 2.75) is 25.3 Å².